The summed E-state index contributed by atoms with van der Waals surface area (Å²) < 4.78 is 5.91. The third-order valence-corrected chi connectivity index (χ3v) is 3.35. The summed E-state index contributed by atoms with van der Waals surface area (Å²) in [5, 5.41) is 0. The predicted octanol–water partition coefficient (Wildman–Crippen LogP) is 3.67. The number of anilines is 1. The molecule has 1 aromatic heterocycles. The number of hydrogen-bond donors (Lipinski definition) is 1. The first kappa shape index (κ1) is 13.3. The summed E-state index contributed by atoms with van der Waals surface area (Å²) in [7, 11) is 0. The topological polar surface area (TPSA) is 61.0 Å². The minimum Gasteiger partial charge on any atom is -0.438 e. The molecule has 0 saturated carbocycles. The van der Waals surface area contributed by atoms with Gasteiger partial charge in [0.25, 0.3) is 0 Å². The largest absolute Gasteiger partial charge is 0.438 e. The molecule has 0 aliphatic heterocycles. The summed E-state index contributed by atoms with van der Waals surface area (Å²) >= 11 is 0. The first-order valence-electron chi connectivity index (χ1n) is 6.47. The Hall–Kier alpha value is -2.10. The Morgan fingerprint density at radius 3 is 2.74 bits per heavy atom. The average Bonchev–Trinajstić information content (AvgIpc) is 2.43. The van der Waals surface area contributed by atoms with Gasteiger partial charge in [-0.05, 0) is 30.9 Å². The molecular weight excluding hydrogens is 238 g/mol. The highest BCUT2D eigenvalue weighted by Gasteiger charge is 2.12. The van der Waals surface area contributed by atoms with Crippen molar-refractivity contribution in [1.29, 1.82) is 0 Å². The number of nitrogens with zero attached hydrogens (tertiary/aromatic N) is 2. The van der Waals surface area contributed by atoms with Crippen LogP contribution in [-0.4, -0.2) is 9.97 Å². The van der Waals surface area contributed by atoms with Crippen molar-refractivity contribution in [1.82, 2.24) is 9.97 Å². The number of rotatable bonds is 4. The van der Waals surface area contributed by atoms with E-state index in [1.807, 2.05) is 25.1 Å². The number of nitrogens with two attached hydrogens (primary N) is 1. The van der Waals surface area contributed by atoms with Crippen LogP contribution < -0.4 is 10.5 Å². The molecule has 0 amide bonds. The number of para-hydroxylation sites is 1. The van der Waals surface area contributed by atoms with E-state index in [4.69, 9.17) is 10.5 Å². The van der Waals surface area contributed by atoms with E-state index in [1.165, 1.54) is 11.9 Å². The summed E-state index contributed by atoms with van der Waals surface area (Å²) in [6.45, 7) is 6.20. The molecular formula is C15H19N3O. The Balaban J connectivity index is 2.36. The van der Waals surface area contributed by atoms with Crippen LogP contribution in [0, 0.1) is 6.92 Å². The second-order valence-corrected chi connectivity index (χ2v) is 4.64. The lowest BCUT2D eigenvalue weighted by Gasteiger charge is -2.15. The molecule has 1 unspecified atom stereocenters. The molecule has 4 nitrogen and oxygen atoms in total. The van der Waals surface area contributed by atoms with E-state index in [0.29, 0.717) is 17.6 Å². The summed E-state index contributed by atoms with van der Waals surface area (Å²) in [6, 6.07) is 8.03. The zero-order chi connectivity index (χ0) is 13.8. The van der Waals surface area contributed by atoms with Gasteiger partial charge in [0.1, 0.15) is 17.9 Å². The lowest BCUT2D eigenvalue weighted by molar-refractivity contribution is 0.447. The maximum absolute atomic E-state index is 5.91. The Morgan fingerprint density at radius 1 is 1.26 bits per heavy atom. The van der Waals surface area contributed by atoms with E-state index in [1.54, 1.807) is 0 Å². The molecule has 0 radical (unpaired) electrons. The molecule has 4 heteroatoms. The predicted molar refractivity (Wildman–Crippen MR) is 76.4 cm³/mol. The Morgan fingerprint density at radius 2 is 2.00 bits per heavy atom. The van der Waals surface area contributed by atoms with Crippen molar-refractivity contribution in [3.63, 3.8) is 0 Å². The number of aromatic nitrogens is 2. The minimum atomic E-state index is 0.440. The van der Waals surface area contributed by atoms with Crippen LogP contribution in [0.5, 0.6) is 11.6 Å². The van der Waals surface area contributed by atoms with E-state index in [0.717, 1.165) is 17.7 Å². The van der Waals surface area contributed by atoms with Gasteiger partial charge in [-0.1, -0.05) is 32.0 Å². The van der Waals surface area contributed by atoms with E-state index >= 15 is 0 Å². The Labute approximate surface area is 113 Å². The van der Waals surface area contributed by atoms with Gasteiger partial charge in [0, 0.05) is 0 Å². The van der Waals surface area contributed by atoms with E-state index < -0.39 is 0 Å². The molecule has 0 aliphatic rings. The second kappa shape index (κ2) is 5.69. The quantitative estimate of drug-likeness (QED) is 0.907. The van der Waals surface area contributed by atoms with Crippen molar-refractivity contribution in [3.05, 3.63) is 41.7 Å². The highest BCUT2D eigenvalue weighted by Crippen LogP contribution is 2.32. The van der Waals surface area contributed by atoms with Crippen LogP contribution in [0.4, 0.5) is 5.82 Å². The van der Waals surface area contributed by atoms with Gasteiger partial charge in [0.2, 0.25) is 5.88 Å². The zero-order valence-electron chi connectivity index (χ0n) is 11.6. The maximum atomic E-state index is 5.91. The van der Waals surface area contributed by atoms with Crippen LogP contribution >= 0.6 is 0 Å². The summed E-state index contributed by atoms with van der Waals surface area (Å²) in [5.74, 6) is 2.24. The Bertz CT molecular complexity index is 569. The molecule has 2 N–H and O–H groups in total. The molecule has 0 spiro atoms. The van der Waals surface area contributed by atoms with Crippen molar-refractivity contribution >= 4 is 5.82 Å². The van der Waals surface area contributed by atoms with Gasteiger partial charge < -0.3 is 10.5 Å². The molecule has 0 aliphatic carbocycles. The standard InChI is InChI=1S/C15H19N3O/c1-4-10(2)12-7-5-6-8-13(12)19-15-11(3)14(16)17-9-18-15/h5-10H,4H2,1-3H3,(H2,16,17,18). The van der Waals surface area contributed by atoms with Crippen molar-refractivity contribution in [2.45, 2.75) is 33.1 Å². The summed E-state index contributed by atoms with van der Waals surface area (Å²) in [5.41, 5.74) is 7.71. The normalized spacial score (nSPS) is 12.2. The minimum absolute atomic E-state index is 0.440. The van der Waals surface area contributed by atoms with Crippen LogP contribution in [0.2, 0.25) is 0 Å². The second-order valence-electron chi connectivity index (χ2n) is 4.64. The van der Waals surface area contributed by atoms with Crippen molar-refractivity contribution in [3.8, 4) is 11.6 Å². The van der Waals surface area contributed by atoms with Crippen molar-refractivity contribution in [2.24, 2.45) is 0 Å². The third-order valence-electron chi connectivity index (χ3n) is 3.35. The first-order valence-corrected chi connectivity index (χ1v) is 6.47. The molecule has 1 aromatic carbocycles. The number of ether oxygens (including phenoxy) is 1. The highest BCUT2D eigenvalue weighted by molar-refractivity contribution is 5.46. The van der Waals surface area contributed by atoms with Gasteiger partial charge in [-0.25, -0.2) is 9.97 Å². The fraction of sp³-hybridized carbons (Fsp3) is 0.333. The smallest absolute Gasteiger partial charge is 0.227 e. The maximum Gasteiger partial charge on any atom is 0.227 e. The van der Waals surface area contributed by atoms with Crippen LogP contribution in [-0.2, 0) is 0 Å². The van der Waals surface area contributed by atoms with E-state index in [-0.39, 0.29) is 0 Å². The van der Waals surface area contributed by atoms with Gasteiger partial charge >= 0.3 is 0 Å². The first-order chi connectivity index (χ1) is 9.13. The molecule has 2 aromatic rings. The van der Waals surface area contributed by atoms with Crippen LogP contribution in [0.25, 0.3) is 0 Å². The van der Waals surface area contributed by atoms with Gasteiger partial charge in [-0.3, -0.25) is 0 Å². The number of hydrogen-bond acceptors (Lipinski definition) is 4. The molecule has 0 bridgehead atoms. The molecule has 1 heterocycles. The van der Waals surface area contributed by atoms with Gasteiger partial charge in [0.15, 0.2) is 0 Å². The van der Waals surface area contributed by atoms with Gasteiger partial charge in [-0.2, -0.15) is 0 Å². The molecule has 19 heavy (non-hydrogen) atoms. The van der Waals surface area contributed by atoms with E-state index in [2.05, 4.69) is 29.9 Å². The van der Waals surface area contributed by atoms with Crippen molar-refractivity contribution < 1.29 is 4.74 Å². The number of nitrogen functional groups attached to an aromatic ring is 1. The lowest BCUT2D eigenvalue weighted by Crippen LogP contribution is -2.01. The van der Waals surface area contributed by atoms with Gasteiger partial charge in [0.05, 0.1) is 5.56 Å². The highest BCUT2D eigenvalue weighted by atomic mass is 16.5. The summed E-state index contributed by atoms with van der Waals surface area (Å²) in [6.07, 6.45) is 2.48. The molecule has 2 rings (SSSR count). The molecule has 0 saturated heterocycles. The van der Waals surface area contributed by atoms with Gasteiger partial charge in [-0.15, -0.1) is 0 Å². The van der Waals surface area contributed by atoms with Crippen LogP contribution in [0.15, 0.2) is 30.6 Å². The third kappa shape index (κ3) is 2.84. The number of benzene rings is 1. The molecule has 1 atom stereocenters. The zero-order valence-corrected chi connectivity index (χ0v) is 11.6. The SMILES string of the molecule is CCC(C)c1ccccc1Oc1ncnc(N)c1C. The fourth-order valence-corrected chi connectivity index (χ4v) is 1.85. The summed E-state index contributed by atoms with van der Waals surface area (Å²) in [4.78, 5) is 8.09. The molecule has 0 fully saturated rings. The fourth-order valence-electron chi connectivity index (χ4n) is 1.85. The Kier molecular flexibility index (Phi) is 4.00. The van der Waals surface area contributed by atoms with E-state index in [9.17, 15) is 0 Å². The average molecular weight is 257 g/mol. The van der Waals surface area contributed by atoms with Crippen LogP contribution in [0.1, 0.15) is 37.3 Å². The monoisotopic (exact) mass is 257 g/mol. The molecule has 100 valence electrons. The lowest BCUT2D eigenvalue weighted by atomic mass is 9.98. The van der Waals surface area contributed by atoms with Crippen molar-refractivity contribution in [2.75, 3.05) is 5.73 Å². The van der Waals surface area contributed by atoms with Crippen LogP contribution in [0.3, 0.4) is 0 Å².